The van der Waals surface area contributed by atoms with Crippen LogP contribution in [0.3, 0.4) is 0 Å². The summed E-state index contributed by atoms with van der Waals surface area (Å²) in [6.45, 7) is 2.04. The molecule has 0 unspecified atom stereocenters. The molecular weight excluding hydrogens is 364 g/mol. The van der Waals surface area contributed by atoms with E-state index in [1.807, 2.05) is 6.92 Å². The maximum absolute atomic E-state index is 12.9. The van der Waals surface area contributed by atoms with Gasteiger partial charge in [-0.3, -0.25) is 27.9 Å². The fourth-order valence-electron chi connectivity index (χ4n) is 3.46. The summed E-state index contributed by atoms with van der Waals surface area (Å²) in [5.41, 5.74) is 10.3. The highest BCUT2D eigenvalue weighted by Gasteiger charge is 2.29. The van der Waals surface area contributed by atoms with E-state index in [1.165, 1.54) is 37.3 Å². The molecule has 2 aromatic heterocycles. The molecular formula is C18H28N6O4. The van der Waals surface area contributed by atoms with Gasteiger partial charge in [0.25, 0.3) is 11.1 Å². The number of aromatic nitrogens is 4. The van der Waals surface area contributed by atoms with Gasteiger partial charge in [-0.15, -0.1) is 0 Å². The third-order valence-electron chi connectivity index (χ3n) is 5.29. The van der Waals surface area contributed by atoms with Gasteiger partial charge in [0, 0.05) is 34.1 Å². The lowest BCUT2D eigenvalue weighted by Gasteiger charge is -2.23. The van der Waals surface area contributed by atoms with Gasteiger partial charge in [0.05, 0.1) is 11.1 Å². The van der Waals surface area contributed by atoms with Gasteiger partial charge in [-0.2, -0.15) is 0 Å². The zero-order valence-corrected chi connectivity index (χ0v) is 17.0. The molecule has 0 fully saturated rings. The van der Waals surface area contributed by atoms with Crippen molar-refractivity contribution in [2.75, 3.05) is 11.5 Å². The summed E-state index contributed by atoms with van der Waals surface area (Å²) in [6.07, 6.45) is 2.98. The summed E-state index contributed by atoms with van der Waals surface area (Å²) >= 11 is 0. The first kappa shape index (κ1) is 21.3. The number of anilines is 2. The Morgan fingerprint density at radius 3 is 1.46 bits per heavy atom. The van der Waals surface area contributed by atoms with Crippen molar-refractivity contribution in [3.05, 3.63) is 52.8 Å². The van der Waals surface area contributed by atoms with Crippen molar-refractivity contribution >= 4 is 11.6 Å². The topological polar surface area (TPSA) is 140 Å². The maximum atomic E-state index is 12.9. The maximum Gasteiger partial charge on any atom is 0.332 e. The molecule has 0 aromatic carbocycles. The molecule has 0 saturated carbocycles. The number of hydrogen-bond donors (Lipinski definition) is 2. The number of nitrogen functional groups attached to an aromatic ring is 2. The second kappa shape index (κ2) is 7.91. The van der Waals surface area contributed by atoms with E-state index in [-0.39, 0.29) is 22.8 Å². The molecule has 10 heteroatoms. The second-order valence-corrected chi connectivity index (χ2v) is 7.06. The highest BCUT2D eigenvalue weighted by molar-refractivity contribution is 5.51. The molecule has 0 amide bonds. The van der Waals surface area contributed by atoms with Gasteiger partial charge in [-0.25, -0.2) is 9.59 Å². The Morgan fingerprint density at radius 2 is 1.11 bits per heavy atom. The smallest absolute Gasteiger partial charge is 0.332 e. The van der Waals surface area contributed by atoms with E-state index < -0.39 is 28.4 Å². The predicted octanol–water partition coefficient (Wildman–Crippen LogP) is -0.642. The SMILES string of the molecule is CCCCCC(c1c(N)n(C)c(=O)n(C)c1=O)c1c(N)n(C)c(=O)n(C)c1=O. The molecule has 0 spiro atoms. The summed E-state index contributed by atoms with van der Waals surface area (Å²) in [5, 5.41) is 0. The largest absolute Gasteiger partial charge is 0.385 e. The standard InChI is InChI=1S/C18H28N6O4/c1-6-7-8-9-10(11-13(19)21(2)17(27)23(4)15(11)25)12-14(20)22(3)18(28)24(5)16(12)26/h10H,6-9,19-20H2,1-5H3. The van der Waals surface area contributed by atoms with Gasteiger partial charge < -0.3 is 11.5 Å². The van der Waals surface area contributed by atoms with E-state index >= 15 is 0 Å². The molecule has 0 aliphatic carbocycles. The number of hydrogen-bond acceptors (Lipinski definition) is 6. The van der Waals surface area contributed by atoms with Crippen LogP contribution in [0.15, 0.2) is 19.2 Å². The van der Waals surface area contributed by atoms with Crippen LogP contribution in [-0.4, -0.2) is 18.3 Å². The van der Waals surface area contributed by atoms with E-state index in [0.29, 0.717) is 6.42 Å². The Hall–Kier alpha value is -3.04. The Morgan fingerprint density at radius 1 is 0.714 bits per heavy atom. The van der Waals surface area contributed by atoms with Crippen LogP contribution in [0.1, 0.15) is 49.7 Å². The molecule has 2 aromatic rings. The van der Waals surface area contributed by atoms with E-state index in [0.717, 1.165) is 28.4 Å². The fraction of sp³-hybridized carbons (Fsp3) is 0.556. The van der Waals surface area contributed by atoms with Crippen molar-refractivity contribution in [3.63, 3.8) is 0 Å². The summed E-state index contributed by atoms with van der Waals surface area (Å²) in [5.74, 6) is -0.752. The third kappa shape index (κ3) is 3.30. The van der Waals surface area contributed by atoms with Gasteiger partial charge in [0.2, 0.25) is 0 Å². The van der Waals surface area contributed by atoms with Crippen LogP contribution in [0.5, 0.6) is 0 Å². The van der Waals surface area contributed by atoms with Crippen molar-refractivity contribution in [1.82, 2.24) is 18.3 Å². The first-order chi connectivity index (χ1) is 13.1. The van der Waals surface area contributed by atoms with Crippen LogP contribution in [0, 0.1) is 0 Å². The average Bonchev–Trinajstić information content (AvgIpc) is 2.67. The van der Waals surface area contributed by atoms with Crippen molar-refractivity contribution in [2.45, 2.75) is 38.5 Å². The first-order valence-corrected chi connectivity index (χ1v) is 9.16. The molecule has 2 heterocycles. The Balaban J connectivity index is 2.93. The number of unbranched alkanes of at least 4 members (excludes halogenated alkanes) is 2. The normalized spacial score (nSPS) is 11.4. The van der Waals surface area contributed by atoms with Gasteiger partial charge in [0.15, 0.2) is 0 Å². The van der Waals surface area contributed by atoms with Crippen molar-refractivity contribution in [1.29, 1.82) is 0 Å². The Labute approximate surface area is 161 Å². The molecule has 0 atom stereocenters. The molecule has 0 saturated heterocycles. The van der Waals surface area contributed by atoms with Crippen LogP contribution >= 0.6 is 0 Å². The molecule has 10 nitrogen and oxygen atoms in total. The van der Waals surface area contributed by atoms with E-state index in [4.69, 9.17) is 11.5 Å². The lowest BCUT2D eigenvalue weighted by Crippen LogP contribution is -2.44. The lowest BCUT2D eigenvalue weighted by molar-refractivity contribution is 0.578. The minimum absolute atomic E-state index is 0.00935. The summed E-state index contributed by atoms with van der Waals surface area (Å²) in [4.78, 5) is 50.2. The summed E-state index contributed by atoms with van der Waals surface area (Å²) in [6, 6.07) is 0. The van der Waals surface area contributed by atoms with Gasteiger partial charge in [-0.1, -0.05) is 26.2 Å². The molecule has 0 bridgehead atoms. The van der Waals surface area contributed by atoms with Gasteiger partial charge in [0.1, 0.15) is 11.6 Å². The van der Waals surface area contributed by atoms with Crippen LogP contribution < -0.4 is 34.0 Å². The lowest BCUT2D eigenvalue weighted by atomic mass is 9.88. The zero-order valence-electron chi connectivity index (χ0n) is 17.0. The van der Waals surface area contributed by atoms with Gasteiger partial charge >= 0.3 is 11.4 Å². The van der Waals surface area contributed by atoms with Crippen LogP contribution in [0.2, 0.25) is 0 Å². The number of rotatable bonds is 6. The van der Waals surface area contributed by atoms with Gasteiger partial charge in [-0.05, 0) is 6.42 Å². The molecule has 154 valence electrons. The average molecular weight is 392 g/mol. The molecule has 0 aliphatic heterocycles. The molecule has 0 aliphatic rings. The van der Waals surface area contributed by atoms with Crippen LogP contribution in [-0.2, 0) is 28.2 Å². The minimum Gasteiger partial charge on any atom is -0.385 e. The summed E-state index contributed by atoms with van der Waals surface area (Å²) < 4.78 is 4.26. The van der Waals surface area contributed by atoms with E-state index in [1.54, 1.807) is 0 Å². The summed E-state index contributed by atoms with van der Waals surface area (Å²) in [7, 11) is 5.65. The fourth-order valence-corrected chi connectivity index (χ4v) is 3.46. The first-order valence-electron chi connectivity index (χ1n) is 9.16. The quantitative estimate of drug-likeness (QED) is 0.627. The number of nitrogens with zero attached hydrogens (tertiary/aromatic N) is 4. The number of nitrogens with two attached hydrogens (primary N) is 2. The van der Waals surface area contributed by atoms with Crippen LogP contribution in [0.4, 0.5) is 11.6 Å². The van der Waals surface area contributed by atoms with Crippen molar-refractivity contribution < 1.29 is 0 Å². The van der Waals surface area contributed by atoms with Crippen molar-refractivity contribution in [2.24, 2.45) is 28.2 Å². The second-order valence-electron chi connectivity index (χ2n) is 7.06. The van der Waals surface area contributed by atoms with Crippen molar-refractivity contribution in [3.8, 4) is 0 Å². The Kier molecular flexibility index (Phi) is 6.01. The van der Waals surface area contributed by atoms with E-state index in [9.17, 15) is 19.2 Å². The zero-order chi connectivity index (χ0) is 21.3. The molecule has 28 heavy (non-hydrogen) atoms. The van der Waals surface area contributed by atoms with Crippen LogP contribution in [0.25, 0.3) is 0 Å². The highest BCUT2D eigenvalue weighted by atomic mass is 16.2. The monoisotopic (exact) mass is 392 g/mol. The predicted molar refractivity (Wildman–Crippen MR) is 109 cm³/mol. The molecule has 2 rings (SSSR count). The molecule has 4 N–H and O–H groups in total. The van der Waals surface area contributed by atoms with E-state index in [2.05, 4.69) is 0 Å². The molecule has 0 radical (unpaired) electrons. The Bertz CT molecular complexity index is 1050. The highest BCUT2D eigenvalue weighted by Crippen LogP contribution is 2.31. The third-order valence-corrected chi connectivity index (χ3v) is 5.29. The minimum atomic E-state index is -0.734.